The molecule has 4 heteroatoms. The van der Waals surface area contributed by atoms with Crippen molar-refractivity contribution in [2.75, 3.05) is 61.9 Å². The molecule has 0 heterocycles. The smallest absolute Gasteiger partial charge is 0.0777 e. The van der Waals surface area contributed by atoms with E-state index in [1.807, 2.05) is 0 Å². The van der Waals surface area contributed by atoms with Crippen molar-refractivity contribution in [1.29, 1.82) is 0 Å². The first kappa shape index (κ1) is 41.3. The van der Waals surface area contributed by atoms with Crippen LogP contribution in [0.5, 0.6) is 0 Å². The number of hydrogen-bond donors (Lipinski definition) is 0. The van der Waals surface area contributed by atoms with Crippen LogP contribution in [-0.2, 0) is 0 Å². The summed E-state index contributed by atoms with van der Waals surface area (Å²) in [5.41, 5.74) is 7.08. The fourth-order valence-corrected chi connectivity index (χ4v) is 4.01. The highest BCUT2D eigenvalue weighted by molar-refractivity contribution is 4.53. The molecule has 0 fully saturated rings. The highest BCUT2D eigenvalue weighted by Crippen LogP contribution is 2.13. The highest BCUT2D eigenvalue weighted by Gasteiger charge is 2.02. The summed E-state index contributed by atoms with van der Waals surface area (Å²) >= 11 is 0. The van der Waals surface area contributed by atoms with Gasteiger partial charge in [0.1, 0.15) is 0 Å². The molecule has 0 bridgehead atoms. The molecule has 0 aromatic carbocycles. The van der Waals surface area contributed by atoms with Crippen LogP contribution >= 0.6 is 0 Å². The summed E-state index contributed by atoms with van der Waals surface area (Å²) in [4.78, 5) is 0. The fraction of sp³-hybridized carbons (Fsp3) is 1.00. The third-order valence-electron chi connectivity index (χ3n) is 5.82. The Morgan fingerprint density at radius 1 is 0.382 bits per heavy atom. The van der Waals surface area contributed by atoms with Crippen molar-refractivity contribution in [2.45, 2.75) is 136 Å². The van der Waals surface area contributed by atoms with Crippen molar-refractivity contribution in [2.24, 2.45) is 0 Å². The molecule has 0 aliphatic heterocycles. The Morgan fingerprint density at radius 3 is 0.765 bits per heavy atom. The van der Waals surface area contributed by atoms with Gasteiger partial charge in [-0.3, -0.25) is 0 Å². The third-order valence-corrected chi connectivity index (χ3v) is 5.82. The lowest BCUT2D eigenvalue weighted by atomic mass is 10.0. The average molecular weight is 508 g/mol. The zero-order valence-electron chi connectivity index (χ0n) is 25.6. The van der Waals surface area contributed by atoms with Crippen molar-refractivity contribution in [3.05, 3.63) is 5.73 Å². The molecular weight excluding hydrogens is 438 g/mol. The van der Waals surface area contributed by atoms with Gasteiger partial charge >= 0.3 is 0 Å². The summed E-state index contributed by atoms with van der Waals surface area (Å²) in [6.07, 6.45) is 25.1. The molecule has 1 N–H and O–H groups in total. The monoisotopic (exact) mass is 508 g/mol. The van der Waals surface area contributed by atoms with Gasteiger partial charge in [-0.1, -0.05) is 124 Å². The number of nitrogens with zero attached hydrogens (tertiary/aromatic N) is 2. The lowest BCUT2D eigenvalue weighted by Gasteiger charge is -2.22. The fourth-order valence-electron chi connectivity index (χ4n) is 4.01. The molecule has 0 saturated carbocycles. The Kier molecular flexibility index (Phi) is 37.9. The largest absolute Gasteiger partial charge is 1.00 e. The van der Waals surface area contributed by atoms with E-state index in [4.69, 9.17) is 5.73 Å². The topological polar surface area (TPSA) is 23.8 Å². The molecule has 0 aliphatic carbocycles. The Labute approximate surface area is 225 Å². The van der Waals surface area contributed by atoms with Crippen molar-refractivity contribution in [1.82, 2.24) is 0 Å². The van der Waals surface area contributed by atoms with Gasteiger partial charge in [0, 0.05) is 0 Å². The summed E-state index contributed by atoms with van der Waals surface area (Å²) in [7, 11) is 13.3. The van der Waals surface area contributed by atoms with Gasteiger partial charge in [-0.15, -0.1) is 0 Å². The molecule has 212 valence electrons. The minimum Gasteiger partial charge on any atom is -1.00 e. The minimum atomic E-state index is 0. The van der Waals surface area contributed by atoms with Crippen LogP contribution in [0.4, 0.5) is 0 Å². The van der Waals surface area contributed by atoms with Gasteiger partial charge in [-0.05, 0) is 12.8 Å². The predicted molar refractivity (Wildman–Crippen MR) is 155 cm³/mol. The molecular formula is C30H70ClN3. The zero-order chi connectivity index (χ0) is 25.8. The Hall–Kier alpha value is 0.170. The second-order valence-electron chi connectivity index (χ2n) is 12.1. The summed E-state index contributed by atoms with van der Waals surface area (Å²) in [6, 6.07) is 0. The molecule has 0 atom stereocenters. The molecule has 0 aromatic heterocycles. The van der Waals surface area contributed by atoms with Crippen LogP contribution in [0.3, 0.4) is 0 Å². The van der Waals surface area contributed by atoms with Crippen LogP contribution in [0.15, 0.2) is 0 Å². The number of halogens is 1. The molecule has 0 radical (unpaired) electrons. The molecule has 0 aromatic rings. The van der Waals surface area contributed by atoms with Gasteiger partial charge in [-0.25, -0.2) is 0 Å². The standard InChI is InChI=1S/C18H38N.2C6H16N.ClH/c1-2-3-4-5-6-7-8-9-10-11-12-13-14-15-16-17-18-19;2*1-5-6-7(2,3)4;/h19H,2-18H2,1H3;2*5-6H2,1-4H3;1H/q-1;2*+1;/p-1. The van der Waals surface area contributed by atoms with E-state index in [1.165, 1.54) is 122 Å². The van der Waals surface area contributed by atoms with Crippen LogP contribution in [0.25, 0.3) is 5.73 Å². The summed E-state index contributed by atoms with van der Waals surface area (Å²) in [6.45, 7) is 9.89. The van der Waals surface area contributed by atoms with Gasteiger partial charge in [0.15, 0.2) is 0 Å². The lowest BCUT2D eigenvalue weighted by Crippen LogP contribution is -3.00. The van der Waals surface area contributed by atoms with Crippen LogP contribution < -0.4 is 12.4 Å². The molecule has 0 spiro atoms. The molecule has 0 rings (SSSR count). The van der Waals surface area contributed by atoms with Crippen molar-refractivity contribution in [3.63, 3.8) is 0 Å². The van der Waals surface area contributed by atoms with E-state index in [0.29, 0.717) is 6.54 Å². The van der Waals surface area contributed by atoms with Gasteiger partial charge in [0.05, 0.1) is 55.4 Å². The number of rotatable bonds is 20. The van der Waals surface area contributed by atoms with Crippen LogP contribution in [0.2, 0.25) is 0 Å². The molecule has 0 amide bonds. The van der Waals surface area contributed by atoms with Crippen molar-refractivity contribution >= 4 is 0 Å². The number of unbranched alkanes of at least 4 members (excludes halogenated alkanes) is 15. The first-order valence-corrected chi connectivity index (χ1v) is 14.8. The van der Waals surface area contributed by atoms with Gasteiger partial charge in [0.25, 0.3) is 0 Å². The van der Waals surface area contributed by atoms with Crippen LogP contribution in [-0.4, -0.2) is 70.9 Å². The maximum Gasteiger partial charge on any atom is 0.0777 e. The SMILES string of the molecule is CCCCCCCCCCCCCCCCCC[NH-].CCC[N+](C)(C)C.CCC[N+](C)(C)C.[Cl-]. The Morgan fingerprint density at radius 2 is 0.618 bits per heavy atom. The van der Waals surface area contributed by atoms with Crippen LogP contribution in [0, 0.1) is 0 Å². The Bertz CT molecular complexity index is 303. The molecule has 3 nitrogen and oxygen atoms in total. The maximum atomic E-state index is 7.08. The average Bonchev–Trinajstić information content (AvgIpc) is 2.70. The molecule has 0 saturated heterocycles. The van der Waals surface area contributed by atoms with E-state index in [1.54, 1.807) is 0 Å². The minimum absolute atomic E-state index is 0. The number of quaternary nitrogens is 2. The van der Waals surface area contributed by atoms with Crippen molar-refractivity contribution < 1.29 is 21.4 Å². The summed E-state index contributed by atoms with van der Waals surface area (Å²) in [5, 5.41) is 0. The summed E-state index contributed by atoms with van der Waals surface area (Å²) in [5.74, 6) is 0. The predicted octanol–water partition coefficient (Wildman–Crippen LogP) is 6.51. The second kappa shape index (κ2) is 31.2. The van der Waals surface area contributed by atoms with E-state index in [-0.39, 0.29) is 12.4 Å². The molecule has 0 aliphatic rings. The van der Waals surface area contributed by atoms with E-state index >= 15 is 0 Å². The van der Waals surface area contributed by atoms with Gasteiger partial charge < -0.3 is 27.1 Å². The van der Waals surface area contributed by atoms with Gasteiger partial charge in [0.2, 0.25) is 0 Å². The van der Waals surface area contributed by atoms with Crippen molar-refractivity contribution in [3.8, 4) is 0 Å². The van der Waals surface area contributed by atoms with E-state index in [2.05, 4.69) is 63.1 Å². The lowest BCUT2D eigenvalue weighted by molar-refractivity contribution is -0.870. The van der Waals surface area contributed by atoms with E-state index in [9.17, 15) is 0 Å². The van der Waals surface area contributed by atoms with Crippen LogP contribution in [0.1, 0.15) is 136 Å². The number of nitrogens with one attached hydrogen (secondary N) is 1. The molecule has 34 heavy (non-hydrogen) atoms. The molecule has 0 unspecified atom stereocenters. The first-order valence-electron chi connectivity index (χ1n) is 14.8. The third kappa shape index (κ3) is 53.5. The second-order valence-corrected chi connectivity index (χ2v) is 12.1. The quantitative estimate of drug-likeness (QED) is 0.132. The maximum absolute atomic E-state index is 7.08. The number of hydrogen-bond acceptors (Lipinski definition) is 0. The van der Waals surface area contributed by atoms with E-state index < -0.39 is 0 Å². The van der Waals surface area contributed by atoms with Gasteiger partial charge in [-0.2, -0.15) is 6.54 Å². The first-order chi connectivity index (χ1) is 15.5. The zero-order valence-corrected chi connectivity index (χ0v) is 26.4. The highest BCUT2D eigenvalue weighted by atomic mass is 35.5. The summed E-state index contributed by atoms with van der Waals surface area (Å²) < 4.78 is 2.19. The van der Waals surface area contributed by atoms with E-state index in [0.717, 1.165) is 15.4 Å². The Balaban J connectivity index is -0.000000247. The normalized spacial score (nSPS) is 11.1.